The first-order chi connectivity index (χ1) is 9.60. The van der Waals surface area contributed by atoms with Gasteiger partial charge in [0.05, 0.1) is 19.1 Å². The molecule has 0 aliphatic heterocycles. The van der Waals surface area contributed by atoms with E-state index in [1.807, 2.05) is 30.3 Å². The Kier molecular flexibility index (Phi) is 6.73. The summed E-state index contributed by atoms with van der Waals surface area (Å²) in [6.45, 7) is 2.21. The number of nitrogens with one attached hydrogen (secondary N) is 1. The van der Waals surface area contributed by atoms with Crippen LogP contribution in [-0.4, -0.2) is 25.5 Å². The van der Waals surface area contributed by atoms with Crippen LogP contribution in [0.25, 0.3) is 0 Å². The van der Waals surface area contributed by atoms with Crippen molar-refractivity contribution in [3.8, 4) is 0 Å². The molecule has 2 unspecified atom stereocenters. The summed E-state index contributed by atoms with van der Waals surface area (Å²) in [5, 5.41) is 2.89. The molecule has 5 nitrogen and oxygen atoms in total. The summed E-state index contributed by atoms with van der Waals surface area (Å²) >= 11 is 0. The van der Waals surface area contributed by atoms with Gasteiger partial charge in [-0.2, -0.15) is 0 Å². The van der Waals surface area contributed by atoms with Crippen molar-refractivity contribution < 1.29 is 14.3 Å². The minimum Gasteiger partial charge on any atom is -0.469 e. The van der Waals surface area contributed by atoms with Crippen LogP contribution in [0, 0.1) is 5.92 Å². The molecule has 110 valence electrons. The van der Waals surface area contributed by atoms with Crippen LogP contribution in [0.4, 0.5) is 0 Å². The van der Waals surface area contributed by atoms with Gasteiger partial charge >= 0.3 is 5.97 Å². The van der Waals surface area contributed by atoms with E-state index in [0.717, 1.165) is 5.56 Å². The fourth-order valence-corrected chi connectivity index (χ4v) is 1.99. The molecule has 1 aromatic carbocycles. The van der Waals surface area contributed by atoms with Crippen LogP contribution in [0.15, 0.2) is 30.3 Å². The summed E-state index contributed by atoms with van der Waals surface area (Å²) in [7, 11) is 1.34. The largest absolute Gasteiger partial charge is 0.469 e. The molecule has 1 amide bonds. The van der Waals surface area contributed by atoms with Crippen LogP contribution in [-0.2, 0) is 14.3 Å². The number of amides is 1. The molecular formula is C15H22N2O3. The van der Waals surface area contributed by atoms with E-state index in [0.29, 0.717) is 19.4 Å². The molecule has 0 radical (unpaired) electrons. The molecule has 0 bridgehead atoms. The Balaban J connectivity index is 2.85. The summed E-state index contributed by atoms with van der Waals surface area (Å²) in [5.74, 6) is -0.915. The van der Waals surface area contributed by atoms with Crippen molar-refractivity contribution in [3.05, 3.63) is 35.9 Å². The zero-order chi connectivity index (χ0) is 15.0. The van der Waals surface area contributed by atoms with Gasteiger partial charge in [-0.3, -0.25) is 9.59 Å². The minimum atomic E-state index is -0.454. The Morgan fingerprint density at radius 1 is 1.30 bits per heavy atom. The van der Waals surface area contributed by atoms with Gasteiger partial charge in [0.25, 0.3) is 0 Å². The van der Waals surface area contributed by atoms with E-state index < -0.39 is 12.0 Å². The first-order valence-corrected chi connectivity index (χ1v) is 6.72. The van der Waals surface area contributed by atoms with E-state index in [1.54, 1.807) is 6.92 Å². The van der Waals surface area contributed by atoms with E-state index in [9.17, 15) is 9.59 Å². The highest BCUT2D eigenvalue weighted by molar-refractivity contribution is 5.78. The second-order valence-electron chi connectivity index (χ2n) is 4.66. The van der Waals surface area contributed by atoms with Gasteiger partial charge in [0.2, 0.25) is 5.91 Å². The molecule has 0 spiro atoms. The van der Waals surface area contributed by atoms with Gasteiger partial charge in [0.15, 0.2) is 0 Å². The highest BCUT2D eigenvalue weighted by Gasteiger charge is 2.27. The van der Waals surface area contributed by atoms with Crippen molar-refractivity contribution in [2.75, 3.05) is 13.7 Å². The van der Waals surface area contributed by atoms with Crippen LogP contribution < -0.4 is 11.1 Å². The molecular weight excluding hydrogens is 256 g/mol. The Hall–Kier alpha value is -1.88. The van der Waals surface area contributed by atoms with Gasteiger partial charge < -0.3 is 15.8 Å². The quantitative estimate of drug-likeness (QED) is 0.739. The Bertz CT molecular complexity index is 434. The molecule has 5 heteroatoms. The van der Waals surface area contributed by atoms with Crippen LogP contribution in [0.2, 0.25) is 0 Å². The van der Waals surface area contributed by atoms with Gasteiger partial charge in [0.1, 0.15) is 0 Å². The van der Waals surface area contributed by atoms with Gasteiger partial charge in [0, 0.05) is 6.42 Å². The minimum absolute atomic E-state index is 0.111. The van der Waals surface area contributed by atoms with Crippen LogP contribution in [0.3, 0.4) is 0 Å². The normalized spacial score (nSPS) is 13.3. The van der Waals surface area contributed by atoms with E-state index in [4.69, 9.17) is 10.5 Å². The third-order valence-corrected chi connectivity index (χ3v) is 3.16. The average Bonchev–Trinajstić information content (AvgIpc) is 2.49. The number of esters is 1. The molecule has 0 saturated carbocycles. The average molecular weight is 278 g/mol. The first-order valence-electron chi connectivity index (χ1n) is 6.72. The second-order valence-corrected chi connectivity index (χ2v) is 4.66. The maximum atomic E-state index is 11.9. The monoisotopic (exact) mass is 278 g/mol. The molecule has 2 atom stereocenters. The van der Waals surface area contributed by atoms with Crippen molar-refractivity contribution in [3.63, 3.8) is 0 Å². The Morgan fingerprint density at radius 3 is 2.50 bits per heavy atom. The SMILES string of the molecule is COC(=O)C(C)C(NC(=O)CCCN)c1ccccc1. The summed E-state index contributed by atoms with van der Waals surface area (Å²) < 4.78 is 4.77. The third-order valence-electron chi connectivity index (χ3n) is 3.16. The van der Waals surface area contributed by atoms with E-state index in [2.05, 4.69) is 5.32 Å². The number of benzene rings is 1. The molecule has 0 saturated heterocycles. The van der Waals surface area contributed by atoms with Crippen molar-refractivity contribution in [1.82, 2.24) is 5.32 Å². The fraction of sp³-hybridized carbons (Fsp3) is 0.467. The summed E-state index contributed by atoms with van der Waals surface area (Å²) in [6.07, 6.45) is 0.980. The standard InChI is InChI=1S/C15H22N2O3/c1-11(15(19)20-2)14(12-7-4-3-5-8-12)17-13(18)9-6-10-16/h3-5,7-8,11,14H,6,9-10,16H2,1-2H3,(H,17,18). The van der Waals surface area contributed by atoms with Crippen molar-refractivity contribution in [2.24, 2.45) is 11.7 Å². The first kappa shape index (κ1) is 16.2. The maximum Gasteiger partial charge on any atom is 0.310 e. The van der Waals surface area contributed by atoms with Crippen LogP contribution >= 0.6 is 0 Å². The number of hydrogen-bond acceptors (Lipinski definition) is 4. The summed E-state index contributed by atoms with van der Waals surface area (Å²) in [4.78, 5) is 23.6. The fourth-order valence-electron chi connectivity index (χ4n) is 1.99. The molecule has 0 aromatic heterocycles. The van der Waals surface area contributed by atoms with Crippen molar-refractivity contribution >= 4 is 11.9 Å². The molecule has 3 N–H and O–H groups in total. The molecule has 1 aromatic rings. The Morgan fingerprint density at radius 2 is 1.95 bits per heavy atom. The molecule has 1 rings (SSSR count). The van der Waals surface area contributed by atoms with E-state index in [1.165, 1.54) is 7.11 Å². The lowest BCUT2D eigenvalue weighted by molar-refractivity contribution is -0.146. The molecule has 0 aliphatic rings. The molecule has 20 heavy (non-hydrogen) atoms. The maximum absolute atomic E-state index is 11.9. The lowest BCUT2D eigenvalue weighted by atomic mass is 9.94. The number of carbonyl (C=O) groups excluding carboxylic acids is 2. The van der Waals surface area contributed by atoms with Gasteiger partial charge in [-0.05, 0) is 25.5 Å². The molecule has 0 heterocycles. The second kappa shape index (κ2) is 8.32. The number of nitrogens with two attached hydrogens (primary N) is 1. The lowest BCUT2D eigenvalue weighted by Crippen LogP contribution is -2.36. The smallest absolute Gasteiger partial charge is 0.310 e. The highest BCUT2D eigenvalue weighted by atomic mass is 16.5. The highest BCUT2D eigenvalue weighted by Crippen LogP contribution is 2.23. The van der Waals surface area contributed by atoms with Crippen LogP contribution in [0.5, 0.6) is 0 Å². The van der Waals surface area contributed by atoms with Crippen LogP contribution in [0.1, 0.15) is 31.4 Å². The van der Waals surface area contributed by atoms with Crippen molar-refractivity contribution in [2.45, 2.75) is 25.8 Å². The number of carbonyl (C=O) groups is 2. The van der Waals surface area contributed by atoms with E-state index >= 15 is 0 Å². The number of rotatable bonds is 7. The third kappa shape index (κ3) is 4.66. The number of methoxy groups -OCH3 is 1. The molecule has 0 fully saturated rings. The van der Waals surface area contributed by atoms with Gasteiger partial charge in [-0.25, -0.2) is 0 Å². The lowest BCUT2D eigenvalue weighted by Gasteiger charge is -2.24. The Labute approximate surface area is 119 Å². The van der Waals surface area contributed by atoms with Gasteiger partial charge in [-0.15, -0.1) is 0 Å². The predicted molar refractivity (Wildman–Crippen MR) is 76.8 cm³/mol. The summed E-state index contributed by atoms with van der Waals surface area (Å²) in [5.41, 5.74) is 6.28. The zero-order valence-electron chi connectivity index (χ0n) is 12.0. The van der Waals surface area contributed by atoms with Crippen molar-refractivity contribution in [1.29, 1.82) is 0 Å². The molecule has 0 aliphatic carbocycles. The number of ether oxygens (including phenoxy) is 1. The van der Waals surface area contributed by atoms with E-state index in [-0.39, 0.29) is 11.9 Å². The predicted octanol–water partition coefficient (Wildman–Crippen LogP) is 1.39. The summed E-state index contributed by atoms with van der Waals surface area (Å²) in [6, 6.07) is 9.01. The zero-order valence-corrected chi connectivity index (χ0v) is 12.0. The topological polar surface area (TPSA) is 81.4 Å². The number of hydrogen-bond donors (Lipinski definition) is 2. The van der Waals surface area contributed by atoms with Gasteiger partial charge in [-0.1, -0.05) is 30.3 Å².